The number of fused-ring (bicyclic) bond motifs is 1. The van der Waals surface area contributed by atoms with Crippen LogP contribution >= 0.6 is 0 Å². The van der Waals surface area contributed by atoms with Crippen molar-refractivity contribution in [3.8, 4) is 0 Å². The Morgan fingerprint density at radius 3 is 2.67 bits per heavy atom. The first-order valence-electron chi connectivity index (χ1n) is 6.32. The number of carboxylic acid groups (broad SMARTS) is 1. The van der Waals surface area contributed by atoms with Crippen molar-refractivity contribution < 1.29 is 23.5 Å². The van der Waals surface area contributed by atoms with E-state index in [-0.39, 0.29) is 6.42 Å². The Labute approximate surface area is 119 Å². The van der Waals surface area contributed by atoms with Gasteiger partial charge in [0.25, 0.3) is 0 Å². The molecule has 0 bridgehead atoms. The molecular formula is C14H14F2N2O3. The molecule has 112 valence electrons. The maximum atomic E-state index is 12.3. The minimum absolute atomic E-state index is 0.0724. The minimum Gasteiger partial charge on any atom is -0.480 e. The number of rotatable bonds is 6. The number of hydrogen-bond acceptors (Lipinski definition) is 2. The fourth-order valence-corrected chi connectivity index (χ4v) is 2.10. The fourth-order valence-electron chi connectivity index (χ4n) is 2.10. The Kier molecular flexibility index (Phi) is 4.52. The van der Waals surface area contributed by atoms with Crippen LogP contribution in [0, 0.1) is 0 Å². The quantitative estimate of drug-likeness (QED) is 0.762. The average molecular weight is 296 g/mol. The van der Waals surface area contributed by atoms with Crippen molar-refractivity contribution >= 4 is 22.8 Å². The van der Waals surface area contributed by atoms with Crippen LogP contribution in [0.25, 0.3) is 10.9 Å². The zero-order chi connectivity index (χ0) is 15.4. The van der Waals surface area contributed by atoms with Gasteiger partial charge in [-0.1, -0.05) is 18.2 Å². The molecule has 0 aliphatic carbocycles. The summed E-state index contributed by atoms with van der Waals surface area (Å²) >= 11 is 0. The highest BCUT2D eigenvalue weighted by molar-refractivity contribution is 5.90. The molecule has 21 heavy (non-hydrogen) atoms. The number of hydrogen-bond donors (Lipinski definition) is 3. The van der Waals surface area contributed by atoms with E-state index in [9.17, 15) is 18.4 Å². The van der Waals surface area contributed by atoms with Gasteiger partial charge in [0, 0.05) is 23.5 Å². The van der Waals surface area contributed by atoms with E-state index in [0.29, 0.717) is 5.56 Å². The maximum Gasteiger partial charge on any atom is 0.326 e. The second-order valence-corrected chi connectivity index (χ2v) is 4.62. The van der Waals surface area contributed by atoms with Crippen molar-refractivity contribution in [3.05, 3.63) is 36.0 Å². The molecule has 1 aromatic heterocycles. The molecule has 0 aliphatic heterocycles. The third-order valence-electron chi connectivity index (χ3n) is 3.07. The molecule has 1 heterocycles. The van der Waals surface area contributed by atoms with Gasteiger partial charge in [0.1, 0.15) is 6.04 Å². The number of para-hydroxylation sites is 1. The monoisotopic (exact) mass is 296 g/mol. The predicted octanol–water partition coefficient (Wildman–Crippen LogP) is 1.94. The average Bonchev–Trinajstić information content (AvgIpc) is 2.81. The second kappa shape index (κ2) is 6.34. The molecule has 3 N–H and O–H groups in total. The summed E-state index contributed by atoms with van der Waals surface area (Å²) in [5.74, 6) is -2.07. The number of carboxylic acids is 1. The zero-order valence-electron chi connectivity index (χ0n) is 11.0. The standard InChI is InChI=1S/C14H14F2N2O3/c15-12(16)6-11(14(20)21)18-13(19)5-8-7-17-10-4-2-1-3-9(8)10/h1-4,7,11-12,17H,5-6H2,(H,18,19)(H,20,21). The summed E-state index contributed by atoms with van der Waals surface area (Å²) < 4.78 is 24.5. The van der Waals surface area contributed by atoms with Crippen molar-refractivity contribution in [3.63, 3.8) is 0 Å². The number of H-pyrrole nitrogens is 1. The lowest BCUT2D eigenvalue weighted by molar-refractivity contribution is -0.142. The normalized spacial score (nSPS) is 12.5. The summed E-state index contributed by atoms with van der Waals surface area (Å²) in [6.07, 6.45) is -2.13. The van der Waals surface area contributed by atoms with Crippen LogP contribution in [0.2, 0.25) is 0 Å². The Hall–Kier alpha value is -2.44. The highest BCUT2D eigenvalue weighted by atomic mass is 19.3. The molecule has 1 unspecified atom stereocenters. The van der Waals surface area contributed by atoms with Gasteiger partial charge in [0.05, 0.1) is 6.42 Å². The Bertz CT molecular complexity index is 654. The van der Waals surface area contributed by atoms with E-state index in [0.717, 1.165) is 10.9 Å². The topological polar surface area (TPSA) is 82.2 Å². The van der Waals surface area contributed by atoms with E-state index >= 15 is 0 Å². The molecule has 2 aromatic rings. The van der Waals surface area contributed by atoms with Crippen molar-refractivity contribution in [1.29, 1.82) is 0 Å². The highest BCUT2D eigenvalue weighted by Gasteiger charge is 2.24. The molecule has 0 saturated heterocycles. The number of aromatic nitrogens is 1. The van der Waals surface area contributed by atoms with Crippen molar-refractivity contribution in [1.82, 2.24) is 10.3 Å². The van der Waals surface area contributed by atoms with Gasteiger partial charge in [0.2, 0.25) is 12.3 Å². The molecule has 7 heteroatoms. The van der Waals surface area contributed by atoms with Crippen molar-refractivity contribution in [2.75, 3.05) is 0 Å². The van der Waals surface area contributed by atoms with Gasteiger partial charge in [-0.15, -0.1) is 0 Å². The first kappa shape index (κ1) is 15.0. The van der Waals surface area contributed by atoms with Crippen LogP contribution in [0.15, 0.2) is 30.5 Å². The summed E-state index contributed by atoms with van der Waals surface area (Å²) in [4.78, 5) is 25.6. The molecule has 0 spiro atoms. The van der Waals surface area contributed by atoms with Crippen LogP contribution in [0.5, 0.6) is 0 Å². The lowest BCUT2D eigenvalue weighted by Crippen LogP contribution is -2.42. The molecule has 1 aromatic carbocycles. The largest absolute Gasteiger partial charge is 0.480 e. The van der Waals surface area contributed by atoms with Gasteiger partial charge >= 0.3 is 5.97 Å². The number of halogens is 2. The third kappa shape index (κ3) is 3.77. The zero-order valence-corrected chi connectivity index (χ0v) is 11.0. The maximum absolute atomic E-state index is 12.3. The molecule has 5 nitrogen and oxygen atoms in total. The van der Waals surface area contributed by atoms with E-state index in [1.54, 1.807) is 6.20 Å². The van der Waals surface area contributed by atoms with E-state index in [1.165, 1.54) is 0 Å². The van der Waals surface area contributed by atoms with E-state index in [2.05, 4.69) is 10.3 Å². The van der Waals surface area contributed by atoms with Crippen LogP contribution in [0.4, 0.5) is 8.78 Å². The lowest BCUT2D eigenvalue weighted by Gasteiger charge is -2.13. The molecule has 0 saturated carbocycles. The minimum atomic E-state index is -2.79. The van der Waals surface area contributed by atoms with Gasteiger partial charge in [0.15, 0.2) is 0 Å². The summed E-state index contributed by atoms with van der Waals surface area (Å²) in [5.41, 5.74) is 1.53. The number of aliphatic carboxylic acids is 1. The van der Waals surface area contributed by atoms with Gasteiger partial charge in [-0.2, -0.15) is 0 Å². The van der Waals surface area contributed by atoms with Crippen molar-refractivity contribution in [2.45, 2.75) is 25.3 Å². The first-order valence-corrected chi connectivity index (χ1v) is 6.32. The van der Waals surface area contributed by atoms with Crippen LogP contribution in [0.3, 0.4) is 0 Å². The van der Waals surface area contributed by atoms with E-state index in [1.807, 2.05) is 24.3 Å². The van der Waals surface area contributed by atoms with Crippen LogP contribution in [-0.4, -0.2) is 34.4 Å². The number of amides is 1. The molecule has 0 fully saturated rings. The molecule has 1 amide bonds. The van der Waals surface area contributed by atoms with Crippen molar-refractivity contribution in [2.24, 2.45) is 0 Å². The lowest BCUT2D eigenvalue weighted by atomic mass is 10.1. The summed E-state index contributed by atoms with van der Waals surface area (Å²) in [6, 6.07) is 5.73. The van der Waals surface area contributed by atoms with Gasteiger partial charge < -0.3 is 15.4 Å². The molecular weight excluding hydrogens is 282 g/mol. The number of carbonyl (C=O) groups is 2. The number of carbonyl (C=O) groups excluding carboxylic acids is 1. The second-order valence-electron chi connectivity index (χ2n) is 4.62. The van der Waals surface area contributed by atoms with Gasteiger partial charge in [-0.05, 0) is 11.6 Å². The van der Waals surface area contributed by atoms with Crippen LogP contribution < -0.4 is 5.32 Å². The molecule has 0 aliphatic rings. The molecule has 1 atom stereocenters. The molecule has 2 rings (SSSR count). The predicted molar refractivity (Wildman–Crippen MR) is 72.2 cm³/mol. The SMILES string of the molecule is O=C(Cc1c[nH]c2ccccc12)NC(CC(F)F)C(=O)O. The van der Waals surface area contributed by atoms with Gasteiger partial charge in [-0.3, -0.25) is 4.79 Å². The first-order chi connectivity index (χ1) is 9.97. The Morgan fingerprint density at radius 1 is 1.29 bits per heavy atom. The Balaban J connectivity index is 2.05. The number of benzene rings is 1. The fraction of sp³-hybridized carbons (Fsp3) is 0.286. The summed E-state index contributed by atoms with van der Waals surface area (Å²) in [5, 5.41) is 11.8. The Morgan fingerprint density at radius 2 is 2.00 bits per heavy atom. The summed E-state index contributed by atoms with van der Waals surface area (Å²) in [7, 11) is 0. The van der Waals surface area contributed by atoms with Crippen LogP contribution in [-0.2, 0) is 16.0 Å². The highest BCUT2D eigenvalue weighted by Crippen LogP contribution is 2.18. The van der Waals surface area contributed by atoms with E-state index < -0.39 is 30.8 Å². The van der Waals surface area contributed by atoms with Crippen LogP contribution in [0.1, 0.15) is 12.0 Å². The number of alkyl halides is 2. The number of aromatic amines is 1. The third-order valence-corrected chi connectivity index (χ3v) is 3.07. The van der Waals surface area contributed by atoms with Gasteiger partial charge in [-0.25, -0.2) is 13.6 Å². The summed E-state index contributed by atoms with van der Waals surface area (Å²) in [6.45, 7) is 0. The number of nitrogens with one attached hydrogen (secondary N) is 2. The van der Waals surface area contributed by atoms with E-state index in [4.69, 9.17) is 5.11 Å². The molecule has 0 radical (unpaired) electrons. The smallest absolute Gasteiger partial charge is 0.326 e.